The predicted molar refractivity (Wildman–Crippen MR) is 129 cm³/mol. The number of carbonyl (C=O) groups is 1. The zero-order valence-corrected chi connectivity index (χ0v) is 18.8. The van der Waals surface area contributed by atoms with E-state index in [2.05, 4.69) is 15.3 Å². The Bertz CT molecular complexity index is 1330. The average Bonchev–Trinajstić information content (AvgIpc) is 3.29. The van der Waals surface area contributed by atoms with Crippen LogP contribution < -0.4 is 15.8 Å². The molecule has 0 aliphatic heterocycles. The number of hydrogen-bond acceptors (Lipinski definition) is 7. The Morgan fingerprint density at radius 1 is 1.12 bits per heavy atom. The molecule has 34 heavy (non-hydrogen) atoms. The van der Waals surface area contributed by atoms with Crippen molar-refractivity contribution < 1.29 is 14.6 Å². The van der Waals surface area contributed by atoms with Crippen LogP contribution in [0.5, 0.6) is 11.5 Å². The van der Waals surface area contributed by atoms with Gasteiger partial charge in [0.25, 0.3) is 0 Å². The first kappa shape index (κ1) is 21.7. The Balaban J connectivity index is 1.31. The number of fused-ring (bicyclic) bond motifs is 1. The fourth-order valence-electron chi connectivity index (χ4n) is 4.51. The van der Waals surface area contributed by atoms with Crippen LogP contribution in [0.25, 0.3) is 22.6 Å². The number of hydrogen-bond donors (Lipinski definition) is 3. The molecular formula is C25H26N6O3. The average molecular weight is 459 g/mol. The summed E-state index contributed by atoms with van der Waals surface area (Å²) in [4.78, 5) is 26.4. The number of nitrogens with zero attached hydrogens (tertiary/aromatic N) is 4. The number of nitrogens with one attached hydrogen (secondary N) is 1. The first-order valence-electron chi connectivity index (χ1n) is 11.3. The lowest BCUT2D eigenvalue weighted by Gasteiger charge is -2.28. The van der Waals surface area contributed by atoms with Gasteiger partial charge in [-0.25, -0.2) is 15.0 Å². The molecule has 0 spiro atoms. The molecule has 0 radical (unpaired) electrons. The highest BCUT2D eigenvalue weighted by atomic mass is 16.5. The number of aromatic hydroxyl groups is 1. The van der Waals surface area contributed by atoms with Gasteiger partial charge in [0.15, 0.2) is 17.3 Å². The van der Waals surface area contributed by atoms with Gasteiger partial charge in [0.05, 0.1) is 13.4 Å². The van der Waals surface area contributed by atoms with Crippen molar-refractivity contribution in [2.24, 2.45) is 5.92 Å². The summed E-state index contributed by atoms with van der Waals surface area (Å²) in [6, 6.07) is 14.2. The standard InChI is InChI=1S/C25H26N6O3/c1-34-20-4-2-3-17(13-20)28-25(33)16-5-9-18(10-6-16)31-14-27-21-22(26)29-23(30-24(21)31)15-7-11-19(32)12-8-15/h2-4,7-8,11-14,16,18,32H,5-6,9-10H2,1H3,(H,28,33)(H2,26,29,30). The van der Waals surface area contributed by atoms with Crippen molar-refractivity contribution in [1.82, 2.24) is 19.5 Å². The van der Waals surface area contributed by atoms with Crippen LogP contribution in [-0.4, -0.2) is 37.6 Å². The molecule has 174 valence electrons. The van der Waals surface area contributed by atoms with Gasteiger partial charge in [-0.1, -0.05) is 6.07 Å². The van der Waals surface area contributed by atoms with Crippen molar-refractivity contribution in [2.45, 2.75) is 31.7 Å². The van der Waals surface area contributed by atoms with Crippen molar-refractivity contribution >= 4 is 28.6 Å². The summed E-state index contributed by atoms with van der Waals surface area (Å²) in [5, 5.41) is 12.6. The third kappa shape index (κ3) is 4.24. The molecule has 0 saturated heterocycles. The highest BCUT2D eigenvalue weighted by molar-refractivity contribution is 5.92. The van der Waals surface area contributed by atoms with Gasteiger partial charge < -0.3 is 25.5 Å². The molecule has 1 saturated carbocycles. The molecule has 5 rings (SSSR count). The normalized spacial score (nSPS) is 18.0. The fraction of sp³-hybridized carbons (Fsp3) is 0.280. The molecule has 9 nitrogen and oxygen atoms in total. The van der Waals surface area contributed by atoms with E-state index in [0.29, 0.717) is 28.6 Å². The fourth-order valence-corrected chi connectivity index (χ4v) is 4.51. The maximum Gasteiger partial charge on any atom is 0.227 e. The van der Waals surface area contributed by atoms with Gasteiger partial charge in [0.2, 0.25) is 5.91 Å². The van der Waals surface area contributed by atoms with E-state index in [-0.39, 0.29) is 23.6 Å². The second kappa shape index (κ2) is 9.01. The first-order chi connectivity index (χ1) is 16.5. The second-order valence-corrected chi connectivity index (χ2v) is 8.53. The summed E-state index contributed by atoms with van der Waals surface area (Å²) in [7, 11) is 1.61. The molecule has 4 aromatic rings. The number of aromatic nitrogens is 4. The van der Waals surface area contributed by atoms with Crippen LogP contribution in [0.15, 0.2) is 54.9 Å². The van der Waals surface area contributed by atoms with Gasteiger partial charge in [0, 0.05) is 29.3 Å². The number of phenolic OH excluding ortho intramolecular Hbond substituents is 1. The van der Waals surface area contributed by atoms with Crippen LogP contribution in [0.2, 0.25) is 0 Å². The summed E-state index contributed by atoms with van der Waals surface area (Å²) in [5.74, 6) is 1.67. The lowest BCUT2D eigenvalue weighted by Crippen LogP contribution is -2.28. The Morgan fingerprint density at radius 2 is 1.88 bits per heavy atom. The Hall–Kier alpha value is -4.14. The van der Waals surface area contributed by atoms with E-state index in [1.165, 1.54) is 0 Å². The Labute approximate surface area is 196 Å². The minimum absolute atomic E-state index is 0.0309. The van der Waals surface area contributed by atoms with Gasteiger partial charge in [-0.3, -0.25) is 4.79 Å². The van der Waals surface area contributed by atoms with Crippen LogP contribution >= 0.6 is 0 Å². The van der Waals surface area contributed by atoms with Crippen molar-refractivity contribution in [2.75, 3.05) is 18.2 Å². The van der Waals surface area contributed by atoms with E-state index in [0.717, 1.165) is 36.9 Å². The van der Waals surface area contributed by atoms with Crippen molar-refractivity contribution in [1.29, 1.82) is 0 Å². The first-order valence-corrected chi connectivity index (χ1v) is 11.3. The number of imidazole rings is 1. The molecule has 2 aromatic heterocycles. The van der Waals surface area contributed by atoms with Crippen LogP contribution in [0.3, 0.4) is 0 Å². The van der Waals surface area contributed by atoms with Gasteiger partial charge in [-0.05, 0) is 62.1 Å². The molecule has 1 amide bonds. The molecule has 2 aromatic carbocycles. The molecule has 0 atom stereocenters. The Kier molecular flexibility index (Phi) is 5.75. The molecule has 0 bridgehead atoms. The van der Waals surface area contributed by atoms with Crippen molar-refractivity contribution in [3.05, 3.63) is 54.9 Å². The van der Waals surface area contributed by atoms with E-state index in [1.807, 2.05) is 28.8 Å². The lowest BCUT2D eigenvalue weighted by atomic mass is 9.85. The molecule has 0 unspecified atom stereocenters. The molecular weight excluding hydrogens is 432 g/mol. The lowest BCUT2D eigenvalue weighted by molar-refractivity contribution is -0.120. The number of ether oxygens (including phenoxy) is 1. The number of carbonyl (C=O) groups excluding carboxylic acids is 1. The largest absolute Gasteiger partial charge is 0.508 e. The van der Waals surface area contributed by atoms with Crippen LogP contribution in [0, 0.1) is 5.92 Å². The molecule has 9 heteroatoms. The summed E-state index contributed by atoms with van der Waals surface area (Å²) in [5.41, 5.74) is 8.93. The number of nitrogens with two attached hydrogens (primary N) is 1. The Morgan fingerprint density at radius 3 is 2.62 bits per heavy atom. The van der Waals surface area contributed by atoms with E-state index in [9.17, 15) is 9.90 Å². The van der Waals surface area contributed by atoms with Gasteiger partial charge in [0.1, 0.15) is 17.0 Å². The summed E-state index contributed by atoms with van der Waals surface area (Å²) in [6.07, 6.45) is 4.97. The number of benzene rings is 2. The monoisotopic (exact) mass is 458 g/mol. The highest BCUT2D eigenvalue weighted by Gasteiger charge is 2.28. The van der Waals surface area contributed by atoms with Crippen LogP contribution in [0.1, 0.15) is 31.7 Å². The van der Waals surface area contributed by atoms with Crippen molar-refractivity contribution in [3.63, 3.8) is 0 Å². The minimum atomic E-state index is -0.0514. The topological polar surface area (TPSA) is 128 Å². The van der Waals surface area contributed by atoms with Gasteiger partial charge in [-0.2, -0.15) is 0 Å². The molecule has 4 N–H and O–H groups in total. The van der Waals surface area contributed by atoms with Crippen LogP contribution in [-0.2, 0) is 4.79 Å². The number of amides is 1. The number of anilines is 2. The molecule has 2 heterocycles. The number of phenols is 1. The molecule has 1 aliphatic rings. The van der Waals surface area contributed by atoms with E-state index < -0.39 is 0 Å². The predicted octanol–water partition coefficient (Wildman–Crippen LogP) is 4.16. The van der Waals surface area contributed by atoms with E-state index in [1.54, 1.807) is 37.7 Å². The quantitative estimate of drug-likeness (QED) is 0.410. The van der Waals surface area contributed by atoms with Gasteiger partial charge >= 0.3 is 0 Å². The zero-order valence-electron chi connectivity index (χ0n) is 18.8. The number of nitrogen functional groups attached to an aromatic ring is 1. The van der Waals surface area contributed by atoms with Crippen molar-refractivity contribution in [3.8, 4) is 22.9 Å². The smallest absolute Gasteiger partial charge is 0.227 e. The second-order valence-electron chi connectivity index (χ2n) is 8.53. The maximum atomic E-state index is 12.8. The molecule has 1 fully saturated rings. The summed E-state index contributed by atoms with van der Waals surface area (Å²) in [6.45, 7) is 0. The van der Waals surface area contributed by atoms with E-state index >= 15 is 0 Å². The number of rotatable bonds is 5. The maximum absolute atomic E-state index is 12.8. The van der Waals surface area contributed by atoms with E-state index in [4.69, 9.17) is 15.5 Å². The summed E-state index contributed by atoms with van der Waals surface area (Å²) < 4.78 is 7.28. The zero-order chi connectivity index (χ0) is 23.7. The summed E-state index contributed by atoms with van der Waals surface area (Å²) >= 11 is 0. The van der Waals surface area contributed by atoms with Gasteiger partial charge in [-0.15, -0.1) is 0 Å². The third-order valence-electron chi connectivity index (χ3n) is 6.37. The SMILES string of the molecule is COc1cccc(NC(=O)C2CCC(n3cnc4c(N)nc(-c5ccc(O)cc5)nc43)CC2)c1. The number of methoxy groups -OCH3 is 1. The van der Waals surface area contributed by atoms with Crippen LogP contribution in [0.4, 0.5) is 11.5 Å². The highest BCUT2D eigenvalue weighted by Crippen LogP contribution is 2.35. The molecule has 1 aliphatic carbocycles. The third-order valence-corrected chi connectivity index (χ3v) is 6.37. The minimum Gasteiger partial charge on any atom is -0.508 e.